The molecule has 0 N–H and O–H groups in total. The maximum Gasteiger partial charge on any atom is 0.0461 e. The van der Waals surface area contributed by atoms with Crippen LogP contribution < -0.4 is 4.90 Å². The van der Waals surface area contributed by atoms with Gasteiger partial charge >= 0.3 is 0 Å². The first kappa shape index (κ1) is 27.1. The Kier molecular flexibility index (Phi) is 9.61. The number of benzene rings is 3. The molecule has 1 unspecified atom stereocenters. The summed E-state index contributed by atoms with van der Waals surface area (Å²) >= 11 is 0. The van der Waals surface area contributed by atoms with E-state index in [1.165, 1.54) is 67.6 Å². The maximum absolute atomic E-state index is 2.51. The monoisotopic (exact) mass is 469 g/mol. The molecule has 0 heterocycles. The summed E-state index contributed by atoms with van der Waals surface area (Å²) in [4.78, 5) is 2.35. The first-order chi connectivity index (χ1) is 16.8. The molecule has 0 radical (unpaired) electrons. The highest BCUT2D eigenvalue weighted by molar-refractivity contribution is 5.76. The lowest BCUT2D eigenvalue weighted by Crippen LogP contribution is -2.28. The number of hydrogen-bond donors (Lipinski definition) is 0. The van der Waals surface area contributed by atoms with Crippen LogP contribution in [0.4, 0.5) is 17.1 Å². The molecule has 0 fully saturated rings. The molecule has 0 aromatic heterocycles. The Balaban J connectivity index is 1.98. The van der Waals surface area contributed by atoms with Crippen molar-refractivity contribution >= 4 is 17.1 Å². The Bertz CT molecular complexity index is 944. The second kappa shape index (κ2) is 12.4. The Labute approximate surface area is 215 Å². The van der Waals surface area contributed by atoms with Crippen LogP contribution in [0.25, 0.3) is 0 Å². The summed E-state index contributed by atoms with van der Waals surface area (Å²) in [7, 11) is 0. The minimum Gasteiger partial charge on any atom is -0.311 e. The lowest BCUT2D eigenvalue weighted by molar-refractivity contribution is 0.162. The van der Waals surface area contributed by atoms with E-state index in [9.17, 15) is 0 Å². The van der Waals surface area contributed by atoms with Gasteiger partial charge in [0.25, 0.3) is 0 Å². The highest BCUT2D eigenvalue weighted by Crippen LogP contribution is 2.49. The standard InChI is InChI=1S/C34H47N/c1-7-10-17-26-33(4,5)32(27-34(6,8-2)9-3)28-22-24-31(25-23-28)35(29-18-13-11-14-19-29)30-20-15-12-16-21-30/h11-16,18-25,32H,7-10,17,26-27H2,1-6H3. The number of hydrogen-bond acceptors (Lipinski definition) is 1. The molecule has 0 aliphatic heterocycles. The van der Waals surface area contributed by atoms with Crippen molar-refractivity contribution < 1.29 is 0 Å². The van der Waals surface area contributed by atoms with Gasteiger partial charge in [-0.1, -0.05) is 122 Å². The van der Waals surface area contributed by atoms with Crippen LogP contribution in [0.15, 0.2) is 84.9 Å². The molecule has 3 rings (SSSR count). The van der Waals surface area contributed by atoms with Crippen LogP contribution in [0, 0.1) is 10.8 Å². The predicted octanol–water partition coefficient (Wildman–Crippen LogP) is 11.1. The summed E-state index contributed by atoms with van der Waals surface area (Å²) in [6.07, 6.45) is 8.94. The number of nitrogens with zero attached hydrogens (tertiary/aromatic N) is 1. The van der Waals surface area contributed by atoms with Gasteiger partial charge in [-0.15, -0.1) is 0 Å². The van der Waals surface area contributed by atoms with E-state index in [0.29, 0.717) is 11.3 Å². The summed E-state index contributed by atoms with van der Waals surface area (Å²) in [6, 6.07) is 30.9. The first-order valence-corrected chi connectivity index (χ1v) is 13.8. The molecule has 3 aromatic rings. The van der Waals surface area contributed by atoms with Crippen LogP contribution in [-0.2, 0) is 0 Å². The van der Waals surface area contributed by atoms with E-state index < -0.39 is 0 Å². The normalized spacial score (nSPS) is 13.0. The minimum atomic E-state index is 0.279. The Morgan fingerprint density at radius 1 is 0.629 bits per heavy atom. The molecule has 1 nitrogen and oxygen atoms in total. The Morgan fingerprint density at radius 2 is 1.11 bits per heavy atom. The maximum atomic E-state index is 2.51. The van der Waals surface area contributed by atoms with Crippen LogP contribution >= 0.6 is 0 Å². The molecule has 0 saturated carbocycles. The average Bonchev–Trinajstić information content (AvgIpc) is 2.89. The van der Waals surface area contributed by atoms with E-state index in [1.807, 2.05) is 0 Å². The van der Waals surface area contributed by atoms with E-state index in [0.717, 1.165) is 0 Å². The summed E-state index contributed by atoms with van der Waals surface area (Å²) in [6.45, 7) is 14.5. The van der Waals surface area contributed by atoms with E-state index in [-0.39, 0.29) is 5.41 Å². The molecular formula is C34H47N. The zero-order valence-electron chi connectivity index (χ0n) is 23.1. The van der Waals surface area contributed by atoms with Gasteiger partial charge in [0.05, 0.1) is 0 Å². The van der Waals surface area contributed by atoms with Gasteiger partial charge in [-0.3, -0.25) is 0 Å². The number of rotatable bonds is 13. The van der Waals surface area contributed by atoms with E-state index >= 15 is 0 Å². The van der Waals surface area contributed by atoms with Gasteiger partial charge in [0, 0.05) is 17.1 Å². The average molecular weight is 470 g/mol. The van der Waals surface area contributed by atoms with Crippen LogP contribution in [0.3, 0.4) is 0 Å². The van der Waals surface area contributed by atoms with E-state index in [4.69, 9.17) is 0 Å². The molecule has 3 aromatic carbocycles. The molecule has 0 aliphatic rings. The third kappa shape index (κ3) is 7.00. The first-order valence-electron chi connectivity index (χ1n) is 13.8. The fourth-order valence-electron chi connectivity index (χ4n) is 5.34. The SMILES string of the molecule is CCCCCC(C)(C)C(CC(C)(CC)CC)c1ccc(N(c2ccccc2)c2ccccc2)cc1. The zero-order chi connectivity index (χ0) is 25.3. The second-order valence-corrected chi connectivity index (χ2v) is 11.3. The topological polar surface area (TPSA) is 3.24 Å². The third-order valence-electron chi connectivity index (χ3n) is 8.35. The van der Waals surface area contributed by atoms with Gasteiger partial charge in [0.2, 0.25) is 0 Å². The van der Waals surface area contributed by atoms with E-state index in [1.54, 1.807) is 0 Å². The van der Waals surface area contributed by atoms with Gasteiger partial charge in [-0.05, 0) is 71.6 Å². The molecule has 0 bridgehead atoms. The molecule has 0 aliphatic carbocycles. The molecule has 0 amide bonds. The molecule has 35 heavy (non-hydrogen) atoms. The van der Waals surface area contributed by atoms with Crippen LogP contribution in [0.5, 0.6) is 0 Å². The third-order valence-corrected chi connectivity index (χ3v) is 8.35. The minimum absolute atomic E-state index is 0.279. The van der Waals surface area contributed by atoms with Crippen molar-refractivity contribution in [3.05, 3.63) is 90.5 Å². The fraction of sp³-hybridized carbons (Fsp3) is 0.471. The molecule has 1 heteroatoms. The Hall–Kier alpha value is -2.54. The second-order valence-electron chi connectivity index (χ2n) is 11.3. The quantitative estimate of drug-likeness (QED) is 0.225. The van der Waals surface area contributed by atoms with Crippen LogP contribution in [-0.4, -0.2) is 0 Å². The number of anilines is 3. The highest BCUT2D eigenvalue weighted by atomic mass is 15.1. The van der Waals surface area contributed by atoms with Crippen LogP contribution in [0.1, 0.15) is 98.0 Å². The fourth-order valence-corrected chi connectivity index (χ4v) is 5.34. The lowest BCUT2D eigenvalue weighted by Gasteiger charge is -2.41. The number of unbranched alkanes of at least 4 members (excludes halogenated alkanes) is 2. The summed E-state index contributed by atoms with van der Waals surface area (Å²) in [5.41, 5.74) is 5.73. The van der Waals surface area contributed by atoms with Crippen molar-refractivity contribution in [2.75, 3.05) is 4.90 Å². The lowest BCUT2D eigenvalue weighted by atomic mass is 9.64. The van der Waals surface area contributed by atoms with Crippen molar-refractivity contribution in [3.63, 3.8) is 0 Å². The predicted molar refractivity (Wildman–Crippen MR) is 155 cm³/mol. The zero-order valence-corrected chi connectivity index (χ0v) is 23.1. The molecule has 0 spiro atoms. The van der Waals surface area contributed by atoms with E-state index in [2.05, 4.69) is 131 Å². The molecule has 188 valence electrons. The highest BCUT2D eigenvalue weighted by Gasteiger charge is 2.35. The summed E-state index contributed by atoms with van der Waals surface area (Å²) in [5, 5.41) is 0. The number of para-hydroxylation sites is 2. The van der Waals surface area contributed by atoms with Gasteiger partial charge in [-0.2, -0.15) is 0 Å². The van der Waals surface area contributed by atoms with Gasteiger partial charge < -0.3 is 4.90 Å². The molecule has 1 atom stereocenters. The Morgan fingerprint density at radius 3 is 1.57 bits per heavy atom. The molecule has 0 saturated heterocycles. The van der Waals surface area contributed by atoms with Gasteiger partial charge in [0.15, 0.2) is 0 Å². The molecular weight excluding hydrogens is 422 g/mol. The van der Waals surface area contributed by atoms with Crippen molar-refractivity contribution in [1.29, 1.82) is 0 Å². The van der Waals surface area contributed by atoms with Gasteiger partial charge in [-0.25, -0.2) is 0 Å². The summed E-state index contributed by atoms with van der Waals surface area (Å²) in [5.74, 6) is 0.556. The summed E-state index contributed by atoms with van der Waals surface area (Å²) < 4.78 is 0. The van der Waals surface area contributed by atoms with Crippen LogP contribution in [0.2, 0.25) is 0 Å². The largest absolute Gasteiger partial charge is 0.311 e. The smallest absolute Gasteiger partial charge is 0.0461 e. The van der Waals surface area contributed by atoms with Crippen molar-refractivity contribution in [1.82, 2.24) is 0 Å². The van der Waals surface area contributed by atoms with Gasteiger partial charge in [0.1, 0.15) is 0 Å². The van der Waals surface area contributed by atoms with Crippen molar-refractivity contribution in [2.24, 2.45) is 10.8 Å². The van der Waals surface area contributed by atoms with Crippen molar-refractivity contribution in [3.8, 4) is 0 Å². The van der Waals surface area contributed by atoms with Crippen molar-refractivity contribution in [2.45, 2.75) is 92.4 Å².